The molecule has 0 aliphatic rings. The van der Waals surface area contributed by atoms with Crippen molar-refractivity contribution >= 4 is 28.4 Å². The molecule has 0 fully saturated rings. The average Bonchev–Trinajstić information content (AvgIpc) is 3.15. The molecule has 0 bridgehead atoms. The summed E-state index contributed by atoms with van der Waals surface area (Å²) in [4.78, 5) is 29.5. The summed E-state index contributed by atoms with van der Waals surface area (Å²) in [5, 5.41) is 3.84. The van der Waals surface area contributed by atoms with Gasteiger partial charge in [0.2, 0.25) is 5.91 Å². The number of hydrogen-bond acceptors (Lipinski definition) is 4. The van der Waals surface area contributed by atoms with Crippen LogP contribution in [0.1, 0.15) is 19.4 Å². The van der Waals surface area contributed by atoms with Crippen LogP contribution in [0.5, 0.6) is 11.5 Å². The number of carbonyl (C=O) groups excluding carboxylic acids is 2. The normalized spacial score (nSPS) is 10.6. The summed E-state index contributed by atoms with van der Waals surface area (Å²) >= 11 is 0. The van der Waals surface area contributed by atoms with E-state index in [9.17, 15) is 9.59 Å². The summed E-state index contributed by atoms with van der Waals surface area (Å²) in [6.45, 7) is 5.13. The number of H-pyrrole nitrogens is 1. The molecular formula is C23H27N3O4. The molecule has 3 rings (SSSR count). The van der Waals surface area contributed by atoms with Crippen molar-refractivity contribution in [3.05, 3.63) is 54.2 Å². The molecule has 0 unspecified atom stereocenters. The van der Waals surface area contributed by atoms with Crippen molar-refractivity contribution < 1.29 is 19.1 Å². The van der Waals surface area contributed by atoms with E-state index in [1.807, 2.05) is 38.2 Å². The SMILES string of the molecule is CCN(CC)C(=O)COc1cccc(NC(=O)Cc2c[nH]c3ccc(OC)cc23)c1. The van der Waals surface area contributed by atoms with Crippen LogP contribution in [-0.2, 0) is 16.0 Å². The van der Waals surface area contributed by atoms with E-state index in [2.05, 4.69) is 10.3 Å². The van der Waals surface area contributed by atoms with Crippen molar-refractivity contribution in [2.45, 2.75) is 20.3 Å². The quantitative estimate of drug-likeness (QED) is 0.566. The van der Waals surface area contributed by atoms with Crippen molar-refractivity contribution in [1.82, 2.24) is 9.88 Å². The number of aromatic nitrogens is 1. The Morgan fingerprint density at radius 3 is 2.60 bits per heavy atom. The van der Waals surface area contributed by atoms with Gasteiger partial charge in [0.1, 0.15) is 11.5 Å². The van der Waals surface area contributed by atoms with Crippen molar-refractivity contribution in [3.8, 4) is 11.5 Å². The van der Waals surface area contributed by atoms with Gasteiger partial charge in [0.25, 0.3) is 5.91 Å². The molecule has 0 aliphatic carbocycles. The summed E-state index contributed by atoms with van der Waals surface area (Å²) in [6, 6.07) is 12.8. The molecule has 7 heteroatoms. The molecule has 2 aromatic carbocycles. The maximum atomic E-state index is 12.6. The zero-order valence-electron chi connectivity index (χ0n) is 17.5. The number of amides is 2. The van der Waals surface area contributed by atoms with Gasteiger partial charge in [-0.1, -0.05) is 6.07 Å². The summed E-state index contributed by atoms with van der Waals surface area (Å²) < 4.78 is 10.9. The molecule has 2 amide bonds. The van der Waals surface area contributed by atoms with Crippen LogP contribution in [0.2, 0.25) is 0 Å². The Bertz CT molecular complexity index is 1020. The maximum Gasteiger partial charge on any atom is 0.260 e. The lowest BCUT2D eigenvalue weighted by Gasteiger charge is -2.18. The number of anilines is 1. The number of nitrogens with one attached hydrogen (secondary N) is 2. The molecule has 3 aromatic rings. The molecule has 1 heterocycles. The molecule has 0 atom stereocenters. The van der Waals surface area contributed by atoms with Gasteiger partial charge < -0.3 is 24.7 Å². The van der Waals surface area contributed by atoms with Gasteiger partial charge in [-0.2, -0.15) is 0 Å². The minimum Gasteiger partial charge on any atom is -0.497 e. The Hall–Kier alpha value is -3.48. The Morgan fingerprint density at radius 2 is 1.87 bits per heavy atom. The zero-order chi connectivity index (χ0) is 21.5. The van der Waals surface area contributed by atoms with Gasteiger partial charge in [0.15, 0.2) is 6.61 Å². The van der Waals surface area contributed by atoms with Gasteiger partial charge in [-0.25, -0.2) is 0 Å². The topological polar surface area (TPSA) is 83.7 Å². The summed E-state index contributed by atoms with van der Waals surface area (Å²) in [7, 11) is 1.62. The zero-order valence-corrected chi connectivity index (χ0v) is 17.5. The number of methoxy groups -OCH3 is 1. The van der Waals surface area contributed by atoms with E-state index in [0.717, 1.165) is 22.2 Å². The van der Waals surface area contributed by atoms with Gasteiger partial charge in [-0.15, -0.1) is 0 Å². The number of aromatic amines is 1. The molecule has 7 nitrogen and oxygen atoms in total. The smallest absolute Gasteiger partial charge is 0.260 e. The standard InChI is InChI=1S/C23H27N3O4/c1-4-26(5-2)23(28)15-30-19-8-6-7-17(12-19)25-22(27)11-16-14-24-21-10-9-18(29-3)13-20(16)21/h6-10,12-14,24H,4-5,11,15H2,1-3H3,(H,25,27). The highest BCUT2D eigenvalue weighted by Gasteiger charge is 2.12. The van der Waals surface area contributed by atoms with E-state index in [1.54, 1.807) is 36.3 Å². The molecular weight excluding hydrogens is 382 g/mol. The summed E-state index contributed by atoms with van der Waals surface area (Å²) in [5.74, 6) is 1.07. The third-order valence-electron chi connectivity index (χ3n) is 4.92. The minimum atomic E-state index is -0.143. The fraction of sp³-hybridized carbons (Fsp3) is 0.304. The van der Waals surface area contributed by atoms with Crippen LogP contribution in [0.15, 0.2) is 48.7 Å². The molecule has 0 saturated carbocycles. The Balaban J connectivity index is 1.62. The number of fused-ring (bicyclic) bond motifs is 1. The monoisotopic (exact) mass is 409 g/mol. The predicted molar refractivity (Wildman–Crippen MR) is 117 cm³/mol. The van der Waals surface area contributed by atoms with Crippen LogP contribution >= 0.6 is 0 Å². The lowest BCUT2D eigenvalue weighted by molar-refractivity contribution is -0.133. The largest absolute Gasteiger partial charge is 0.497 e. The first-order chi connectivity index (χ1) is 14.5. The predicted octanol–water partition coefficient (Wildman–Crippen LogP) is 3.60. The van der Waals surface area contributed by atoms with E-state index in [-0.39, 0.29) is 24.8 Å². The van der Waals surface area contributed by atoms with Gasteiger partial charge in [-0.05, 0) is 49.7 Å². The van der Waals surface area contributed by atoms with Crippen molar-refractivity contribution in [3.63, 3.8) is 0 Å². The van der Waals surface area contributed by atoms with E-state index < -0.39 is 0 Å². The average molecular weight is 409 g/mol. The molecule has 0 spiro atoms. The molecule has 0 aliphatic heterocycles. The highest BCUT2D eigenvalue weighted by molar-refractivity contribution is 5.96. The third kappa shape index (κ3) is 5.11. The first-order valence-corrected chi connectivity index (χ1v) is 9.98. The second-order valence-electron chi connectivity index (χ2n) is 6.83. The summed E-state index contributed by atoms with van der Waals surface area (Å²) in [6.07, 6.45) is 2.06. The van der Waals surface area contributed by atoms with E-state index in [0.29, 0.717) is 24.5 Å². The second-order valence-corrected chi connectivity index (χ2v) is 6.83. The van der Waals surface area contributed by atoms with Crippen molar-refractivity contribution in [2.24, 2.45) is 0 Å². The number of carbonyl (C=O) groups is 2. The molecule has 158 valence electrons. The van der Waals surface area contributed by atoms with Crippen LogP contribution in [0.4, 0.5) is 5.69 Å². The Morgan fingerprint density at radius 1 is 1.07 bits per heavy atom. The number of rotatable bonds is 9. The van der Waals surface area contributed by atoms with Crippen molar-refractivity contribution in [1.29, 1.82) is 0 Å². The van der Waals surface area contributed by atoms with Crippen LogP contribution < -0.4 is 14.8 Å². The first kappa shape index (κ1) is 21.2. The van der Waals surface area contributed by atoms with Crippen LogP contribution in [-0.4, -0.2) is 48.5 Å². The summed E-state index contributed by atoms with van der Waals surface area (Å²) in [5.41, 5.74) is 2.45. The van der Waals surface area contributed by atoms with E-state index in [4.69, 9.17) is 9.47 Å². The Labute approximate surface area is 176 Å². The fourth-order valence-corrected chi connectivity index (χ4v) is 3.29. The maximum absolute atomic E-state index is 12.6. The van der Waals surface area contributed by atoms with Crippen LogP contribution in [0.25, 0.3) is 10.9 Å². The number of nitrogens with zero attached hydrogens (tertiary/aromatic N) is 1. The van der Waals surface area contributed by atoms with Crippen LogP contribution in [0, 0.1) is 0 Å². The molecule has 30 heavy (non-hydrogen) atoms. The second kappa shape index (κ2) is 9.82. The highest BCUT2D eigenvalue weighted by atomic mass is 16.5. The van der Waals surface area contributed by atoms with Gasteiger partial charge >= 0.3 is 0 Å². The van der Waals surface area contributed by atoms with Gasteiger partial charge in [-0.3, -0.25) is 9.59 Å². The number of likely N-dealkylation sites (N-methyl/N-ethyl adjacent to an activating group) is 1. The number of ether oxygens (including phenoxy) is 2. The lowest BCUT2D eigenvalue weighted by Crippen LogP contribution is -2.34. The van der Waals surface area contributed by atoms with E-state index >= 15 is 0 Å². The first-order valence-electron chi connectivity index (χ1n) is 9.98. The lowest BCUT2D eigenvalue weighted by atomic mass is 10.1. The van der Waals surface area contributed by atoms with E-state index in [1.165, 1.54) is 0 Å². The molecule has 2 N–H and O–H groups in total. The fourth-order valence-electron chi connectivity index (χ4n) is 3.29. The highest BCUT2D eigenvalue weighted by Crippen LogP contribution is 2.24. The van der Waals surface area contributed by atoms with Crippen LogP contribution in [0.3, 0.4) is 0 Å². The number of benzene rings is 2. The Kier molecular flexibility index (Phi) is 6.95. The van der Waals surface area contributed by atoms with Crippen molar-refractivity contribution in [2.75, 3.05) is 32.1 Å². The van der Waals surface area contributed by atoms with Gasteiger partial charge in [0, 0.05) is 41.9 Å². The third-order valence-corrected chi connectivity index (χ3v) is 4.92. The molecule has 0 radical (unpaired) electrons. The molecule has 0 saturated heterocycles. The minimum absolute atomic E-state index is 0.0315. The number of hydrogen-bond donors (Lipinski definition) is 2. The molecule has 1 aromatic heterocycles. The van der Waals surface area contributed by atoms with Gasteiger partial charge in [0.05, 0.1) is 13.5 Å².